The van der Waals surface area contributed by atoms with Crippen molar-refractivity contribution in [2.24, 2.45) is 5.92 Å². The molecule has 0 unspecified atom stereocenters. The van der Waals surface area contributed by atoms with Gasteiger partial charge in [-0.3, -0.25) is 0 Å². The Morgan fingerprint density at radius 2 is 2.20 bits per heavy atom. The topological polar surface area (TPSA) is 44.0 Å². The van der Waals surface area contributed by atoms with Crippen LogP contribution in [0.15, 0.2) is 18.2 Å². The van der Waals surface area contributed by atoms with Gasteiger partial charge in [-0.15, -0.1) is 0 Å². The van der Waals surface area contributed by atoms with E-state index >= 15 is 0 Å². The molecule has 1 aliphatic rings. The van der Waals surface area contributed by atoms with Crippen LogP contribution < -0.4 is 0 Å². The number of rotatable bonds is 1. The first-order valence-electron chi connectivity index (χ1n) is 4.94. The van der Waals surface area contributed by atoms with Gasteiger partial charge in [-0.05, 0) is 37.0 Å². The monoisotopic (exact) mass is 221 g/mol. The Balaban J connectivity index is 2.32. The van der Waals surface area contributed by atoms with Crippen molar-refractivity contribution in [3.05, 3.63) is 34.3 Å². The summed E-state index contributed by atoms with van der Waals surface area (Å²) in [4.78, 5) is 0. The summed E-state index contributed by atoms with van der Waals surface area (Å²) in [7, 11) is 0. The molecule has 0 atom stereocenters. The standard InChI is InChI=1S/C12H12ClNO/c1-8-10(3-2-4-11(8)13)12(15)5-9(6-12)7-14/h2-4,9,15H,5-6H2,1H3. The summed E-state index contributed by atoms with van der Waals surface area (Å²) in [6, 6.07) is 7.70. The zero-order valence-corrected chi connectivity index (χ0v) is 9.25. The van der Waals surface area contributed by atoms with Crippen molar-refractivity contribution >= 4 is 11.6 Å². The molecule has 1 saturated carbocycles. The molecule has 2 nitrogen and oxygen atoms in total. The first-order valence-corrected chi connectivity index (χ1v) is 5.32. The Bertz CT molecular complexity index is 430. The highest BCUT2D eigenvalue weighted by Crippen LogP contribution is 2.46. The van der Waals surface area contributed by atoms with Crippen LogP contribution in [0.5, 0.6) is 0 Å². The molecule has 1 fully saturated rings. The van der Waals surface area contributed by atoms with E-state index in [0.29, 0.717) is 17.9 Å². The van der Waals surface area contributed by atoms with Crippen molar-refractivity contribution in [3.63, 3.8) is 0 Å². The lowest BCUT2D eigenvalue weighted by molar-refractivity contribution is -0.0632. The van der Waals surface area contributed by atoms with Crippen LogP contribution in [0.1, 0.15) is 24.0 Å². The van der Waals surface area contributed by atoms with Crippen LogP contribution in [0.2, 0.25) is 5.02 Å². The SMILES string of the molecule is Cc1c(Cl)cccc1C1(O)CC(C#N)C1. The van der Waals surface area contributed by atoms with Gasteiger partial charge in [-0.2, -0.15) is 5.26 Å². The third-order valence-electron chi connectivity index (χ3n) is 3.12. The van der Waals surface area contributed by atoms with Crippen LogP contribution in [0.25, 0.3) is 0 Å². The Morgan fingerprint density at radius 3 is 2.80 bits per heavy atom. The van der Waals surface area contributed by atoms with Crippen molar-refractivity contribution < 1.29 is 5.11 Å². The lowest BCUT2D eigenvalue weighted by Gasteiger charge is -2.41. The fourth-order valence-electron chi connectivity index (χ4n) is 2.18. The molecule has 1 aliphatic carbocycles. The molecule has 0 saturated heterocycles. The Labute approximate surface area is 94.1 Å². The van der Waals surface area contributed by atoms with E-state index in [9.17, 15) is 5.11 Å². The van der Waals surface area contributed by atoms with E-state index < -0.39 is 5.60 Å². The van der Waals surface area contributed by atoms with Crippen LogP contribution in [0, 0.1) is 24.2 Å². The number of hydrogen-bond acceptors (Lipinski definition) is 2. The lowest BCUT2D eigenvalue weighted by Crippen LogP contribution is -2.41. The maximum Gasteiger partial charge on any atom is 0.0924 e. The third-order valence-corrected chi connectivity index (χ3v) is 3.53. The van der Waals surface area contributed by atoms with Gasteiger partial charge >= 0.3 is 0 Å². The first kappa shape index (κ1) is 10.5. The van der Waals surface area contributed by atoms with E-state index in [4.69, 9.17) is 16.9 Å². The van der Waals surface area contributed by atoms with Crippen LogP contribution in [-0.2, 0) is 5.60 Å². The molecule has 15 heavy (non-hydrogen) atoms. The van der Waals surface area contributed by atoms with Crippen molar-refractivity contribution in [2.45, 2.75) is 25.4 Å². The predicted molar refractivity (Wildman–Crippen MR) is 58.4 cm³/mol. The smallest absolute Gasteiger partial charge is 0.0924 e. The molecular weight excluding hydrogens is 210 g/mol. The maximum atomic E-state index is 10.3. The number of benzene rings is 1. The van der Waals surface area contributed by atoms with Crippen LogP contribution in [0.4, 0.5) is 0 Å². The molecule has 0 heterocycles. The van der Waals surface area contributed by atoms with Crippen LogP contribution in [-0.4, -0.2) is 5.11 Å². The van der Waals surface area contributed by atoms with Gasteiger partial charge in [0.15, 0.2) is 0 Å². The molecule has 0 aliphatic heterocycles. The Morgan fingerprint density at radius 1 is 1.53 bits per heavy atom. The van der Waals surface area contributed by atoms with E-state index in [1.165, 1.54) is 0 Å². The molecule has 0 spiro atoms. The number of halogens is 1. The average Bonchev–Trinajstić information content (AvgIpc) is 2.17. The molecule has 78 valence electrons. The minimum absolute atomic E-state index is 0.0200. The number of nitriles is 1. The summed E-state index contributed by atoms with van der Waals surface area (Å²) in [5.74, 6) is -0.0200. The summed E-state index contributed by atoms with van der Waals surface area (Å²) in [6.07, 6.45) is 1.04. The second kappa shape index (κ2) is 3.52. The van der Waals surface area contributed by atoms with Crippen LogP contribution >= 0.6 is 11.6 Å². The van der Waals surface area contributed by atoms with Gasteiger partial charge in [0, 0.05) is 5.02 Å². The first-order chi connectivity index (χ1) is 7.07. The molecule has 1 N–H and O–H groups in total. The summed E-state index contributed by atoms with van der Waals surface area (Å²) in [5, 5.41) is 19.6. The van der Waals surface area contributed by atoms with E-state index in [2.05, 4.69) is 6.07 Å². The van der Waals surface area contributed by atoms with E-state index in [0.717, 1.165) is 11.1 Å². The van der Waals surface area contributed by atoms with Crippen LogP contribution in [0.3, 0.4) is 0 Å². The van der Waals surface area contributed by atoms with Crippen molar-refractivity contribution in [1.82, 2.24) is 0 Å². The van der Waals surface area contributed by atoms with Crippen molar-refractivity contribution in [2.75, 3.05) is 0 Å². The molecule has 0 aromatic heterocycles. The summed E-state index contributed by atoms with van der Waals surface area (Å²) in [6.45, 7) is 1.90. The fourth-order valence-corrected chi connectivity index (χ4v) is 2.35. The van der Waals surface area contributed by atoms with Crippen molar-refractivity contribution in [3.8, 4) is 6.07 Å². The molecule has 0 radical (unpaired) electrons. The molecule has 0 bridgehead atoms. The summed E-state index contributed by atoms with van der Waals surface area (Å²) < 4.78 is 0. The van der Waals surface area contributed by atoms with Gasteiger partial charge in [0.2, 0.25) is 0 Å². The second-order valence-electron chi connectivity index (χ2n) is 4.18. The highest BCUT2D eigenvalue weighted by Gasteiger charge is 2.45. The zero-order valence-electron chi connectivity index (χ0n) is 8.50. The second-order valence-corrected chi connectivity index (χ2v) is 4.59. The normalized spacial score (nSPS) is 29.3. The summed E-state index contributed by atoms with van der Waals surface area (Å²) >= 11 is 6.00. The zero-order chi connectivity index (χ0) is 11.1. The fraction of sp³-hybridized carbons (Fsp3) is 0.417. The summed E-state index contributed by atoms with van der Waals surface area (Å²) in [5.41, 5.74) is 0.939. The van der Waals surface area contributed by atoms with Gasteiger partial charge < -0.3 is 5.11 Å². The van der Waals surface area contributed by atoms with Crippen molar-refractivity contribution in [1.29, 1.82) is 5.26 Å². The Hall–Kier alpha value is -1.04. The average molecular weight is 222 g/mol. The highest BCUT2D eigenvalue weighted by molar-refractivity contribution is 6.31. The molecular formula is C12H12ClNO. The number of nitrogens with zero attached hydrogens (tertiary/aromatic N) is 1. The largest absolute Gasteiger partial charge is 0.385 e. The predicted octanol–water partition coefficient (Wildman–Crippen LogP) is 2.77. The number of aliphatic hydroxyl groups is 1. The molecule has 3 heteroatoms. The highest BCUT2D eigenvalue weighted by atomic mass is 35.5. The lowest BCUT2D eigenvalue weighted by atomic mass is 9.67. The Kier molecular flexibility index (Phi) is 2.46. The molecule has 2 rings (SSSR count). The molecule has 1 aromatic carbocycles. The van der Waals surface area contributed by atoms with E-state index in [1.807, 2.05) is 25.1 Å². The molecule has 1 aromatic rings. The van der Waals surface area contributed by atoms with E-state index in [-0.39, 0.29) is 5.92 Å². The van der Waals surface area contributed by atoms with Gasteiger partial charge in [0.05, 0.1) is 17.6 Å². The van der Waals surface area contributed by atoms with Gasteiger partial charge in [-0.25, -0.2) is 0 Å². The van der Waals surface area contributed by atoms with Gasteiger partial charge in [0.1, 0.15) is 0 Å². The molecule has 0 amide bonds. The van der Waals surface area contributed by atoms with Gasteiger partial charge in [-0.1, -0.05) is 23.7 Å². The third kappa shape index (κ3) is 1.62. The minimum atomic E-state index is -0.838. The van der Waals surface area contributed by atoms with Gasteiger partial charge in [0.25, 0.3) is 0 Å². The maximum absolute atomic E-state index is 10.3. The van der Waals surface area contributed by atoms with E-state index in [1.54, 1.807) is 0 Å². The quantitative estimate of drug-likeness (QED) is 0.793. The number of hydrogen-bond donors (Lipinski definition) is 1. The minimum Gasteiger partial charge on any atom is -0.385 e.